The summed E-state index contributed by atoms with van der Waals surface area (Å²) in [5, 5.41) is 0. The average molecular weight is 337 g/mol. The molecule has 2 aromatic rings. The van der Waals surface area contributed by atoms with E-state index in [1.165, 1.54) is 4.90 Å². The summed E-state index contributed by atoms with van der Waals surface area (Å²) in [5.74, 6) is 0.259. The van der Waals surface area contributed by atoms with E-state index in [2.05, 4.69) is 0 Å². The van der Waals surface area contributed by atoms with E-state index in [9.17, 15) is 14.4 Å². The van der Waals surface area contributed by atoms with Gasteiger partial charge in [-0.25, -0.2) is 0 Å². The Morgan fingerprint density at radius 2 is 1.60 bits per heavy atom. The third-order valence-corrected chi connectivity index (χ3v) is 4.17. The second-order valence-corrected chi connectivity index (χ2v) is 5.91. The van der Waals surface area contributed by atoms with Crippen LogP contribution in [0.1, 0.15) is 50.3 Å². The molecule has 25 heavy (non-hydrogen) atoms. The van der Waals surface area contributed by atoms with Crippen molar-refractivity contribution in [3.8, 4) is 5.75 Å². The highest BCUT2D eigenvalue weighted by Gasteiger charge is 2.34. The van der Waals surface area contributed by atoms with E-state index in [1.807, 2.05) is 6.07 Å². The van der Waals surface area contributed by atoms with Gasteiger partial charge in [0.2, 0.25) is 0 Å². The molecule has 0 N–H and O–H groups in total. The van der Waals surface area contributed by atoms with Crippen molar-refractivity contribution in [3.05, 3.63) is 65.2 Å². The predicted octanol–water partition coefficient (Wildman–Crippen LogP) is 3.34. The van der Waals surface area contributed by atoms with Crippen LogP contribution in [0.15, 0.2) is 48.5 Å². The van der Waals surface area contributed by atoms with Gasteiger partial charge in [0, 0.05) is 12.1 Å². The van der Waals surface area contributed by atoms with E-state index in [4.69, 9.17) is 4.74 Å². The Morgan fingerprint density at radius 1 is 0.880 bits per heavy atom. The van der Waals surface area contributed by atoms with Gasteiger partial charge in [-0.15, -0.1) is 0 Å². The largest absolute Gasteiger partial charge is 0.494 e. The van der Waals surface area contributed by atoms with Crippen LogP contribution in [-0.2, 0) is 0 Å². The van der Waals surface area contributed by atoms with Gasteiger partial charge in [-0.2, -0.15) is 0 Å². The molecule has 0 fully saturated rings. The molecular formula is C20H19NO4. The maximum atomic E-state index is 12.2. The molecule has 2 amide bonds. The Hall–Kier alpha value is -2.95. The van der Waals surface area contributed by atoms with Crippen LogP contribution >= 0.6 is 0 Å². The molecule has 0 aromatic heterocycles. The molecule has 3 rings (SSSR count). The van der Waals surface area contributed by atoms with Crippen molar-refractivity contribution in [2.24, 2.45) is 0 Å². The minimum atomic E-state index is -0.206. The summed E-state index contributed by atoms with van der Waals surface area (Å²) in [7, 11) is 0. The van der Waals surface area contributed by atoms with Gasteiger partial charge >= 0.3 is 0 Å². The summed E-state index contributed by atoms with van der Waals surface area (Å²) in [6, 6.07) is 13.9. The number of aldehydes is 1. The van der Waals surface area contributed by atoms with E-state index >= 15 is 0 Å². The van der Waals surface area contributed by atoms with Crippen LogP contribution in [0.25, 0.3) is 0 Å². The van der Waals surface area contributed by atoms with Gasteiger partial charge in [0.05, 0.1) is 17.7 Å². The smallest absolute Gasteiger partial charge is 0.261 e. The number of carbonyl (C=O) groups excluding carboxylic acids is 3. The molecule has 0 unspecified atom stereocenters. The third kappa shape index (κ3) is 3.76. The summed E-state index contributed by atoms with van der Waals surface area (Å²) in [6.45, 7) is 0.956. The minimum absolute atomic E-state index is 0.206. The van der Waals surface area contributed by atoms with Crippen molar-refractivity contribution in [2.45, 2.75) is 19.3 Å². The zero-order valence-corrected chi connectivity index (χ0v) is 13.8. The van der Waals surface area contributed by atoms with Crippen LogP contribution in [0.3, 0.4) is 0 Å². The summed E-state index contributed by atoms with van der Waals surface area (Å²) < 4.78 is 5.61. The first kappa shape index (κ1) is 16.9. The SMILES string of the molecule is O=Cc1cccc(OCCCCCN2C(=O)c3ccccc3C2=O)c1. The van der Waals surface area contributed by atoms with Gasteiger partial charge in [0.15, 0.2) is 0 Å². The normalized spacial score (nSPS) is 13.0. The van der Waals surface area contributed by atoms with Crippen LogP contribution in [0.4, 0.5) is 0 Å². The number of hydrogen-bond donors (Lipinski definition) is 0. The number of imide groups is 1. The molecule has 0 bridgehead atoms. The lowest BCUT2D eigenvalue weighted by Crippen LogP contribution is -2.30. The van der Waals surface area contributed by atoms with Crippen molar-refractivity contribution < 1.29 is 19.1 Å². The fourth-order valence-corrected chi connectivity index (χ4v) is 2.86. The van der Waals surface area contributed by atoms with Gasteiger partial charge in [0.25, 0.3) is 11.8 Å². The molecule has 1 aliphatic rings. The monoisotopic (exact) mass is 337 g/mol. The Kier molecular flexibility index (Phi) is 5.23. The quantitative estimate of drug-likeness (QED) is 0.421. The highest BCUT2D eigenvalue weighted by atomic mass is 16.5. The highest BCUT2D eigenvalue weighted by molar-refractivity contribution is 6.21. The summed E-state index contributed by atoms with van der Waals surface area (Å²) in [6.07, 6.45) is 3.19. The van der Waals surface area contributed by atoms with Crippen LogP contribution in [0.5, 0.6) is 5.75 Å². The number of hydrogen-bond acceptors (Lipinski definition) is 4. The third-order valence-electron chi connectivity index (χ3n) is 4.17. The average Bonchev–Trinajstić information content (AvgIpc) is 2.89. The molecule has 0 saturated heterocycles. The first-order valence-corrected chi connectivity index (χ1v) is 8.34. The topological polar surface area (TPSA) is 63.7 Å². The van der Waals surface area contributed by atoms with Crippen molar-refractivity contribution in [3.63, 3.8) is 0 Å². The van der Waals surface area contributed by atoms with E-state index in [-0.39, 0.29) is 11.8 Å². The Balaban J connectivity index is 1.40. The van der Waals surface area contributed by atoms with Crippen LogP contribution in [0.2, 0.25) is 0 Å². The molecule has 0 radical (unpaired) electrons. The second kappa shape index (κ2) is 7.75. The number of amides is 2. The van der Waals surface area contributed by atoms with E-state index in [1.54, 1.807) is 42.5 Å². The molecule has 1 aliphatic heterocycles. The number of rotatable bonds is 8. The number of ether oxygens (including phenoxy) is 1. The molecule has 0 saturated carbocycles. The molecule has 1 heterocycles. The van der Waals surface area contributed by atoms with Crippen LogP contribution in [0, 0.1) is 0 Å². The van der Waals surface area contributed by atoms with Crippen LogP contribution < -0.4 is 4.74 Å². The Bertz CT molecular complexity index is 765. The van der Waals surface area contributed by atoms with Crippen molar-refractivity contribution in [1.82, 2.24) is 4.90 Å². The van der Waals surface area contributed by atoms with E-state index in [0.717, 1.165) is 25.5 Å². The molecule has 0 atom stereocenters. The Labute approximate surface area is 146 Å². The molecule has 0 spiro atoms. The second-order valence-electron chi connectivity index (χ2n) is 5.91. The maximum absolute atomic E-state index is 12.2. The first-order chi connectivity index (χ1) is 12.2. The minimum Gasteiger partial charge on any atom is -0.494 e. The van der Waals surface area contributed by atoms with Gasteiger partial charge in [-0.3, -0.25) is 19.3 Å². The lowest BCUT2D eigenvalue weighted by molar-refractivity contribution is 0.0651. The van der Waals surface area contributed by atoms with Crippen molar-refractivity contribution >= 4 is 18.1 Å². The lowest BCUT2D eigenvalue weighted by atomic mass is 10.1. The van der Waals surface area contributed by atoms with Gasteiger partial charge in [-0.1, -0.05) is 24.3 Å². The fourth-order valence-electron chi connectivity index (χ4n) is 2.86. The zero-order chi connectivity index (χ0) is 17.6. The number of fused-ring (bicyclic) bond motifs is 1. The Morgan fingerprint density at radius 3 is 2.28 bits per heavy atom. The number of benzene rings is 2. The summed E-state index contributed by atoms with van der Waals surface area (Å²) >= 11 is 0. The van der Waals surface area contributed by atoms with Gasteiger partial charge in [-0.05, 0) is 43.5 Å². The molecule has 128 valence electrons. The molecule has 2 aromatic carbocycles. The molecule has 5 nitrogen and oxygen atoms in total. The molecular weight excluding hydrogens is 318 g/mol. The first-order valence-electron chi connectivity index (χ1n) is 8.34. The number of nitrogens with zero attached hydrogens (tertiary/aromatic N) is 1. The van der Waals surface area contributed by atoms with Crippen molar-refractivity contribution in [2.75, 3.05) is 13.2 Å². The van der Waals surface area contributed by atoms with E-state index in [0.29, 0.717) is 35.6 Å². The van der Waals surface area contributed by atoms with Crippen molar-refractivity contribution in [1.29, 1.82) is 0 Å². The van der Waals surface area contributed by atoms with Crippen LogP contribution in [-0.4, -0.2) is 36.2 Å². The number of unbranched alkanes of at least 4 members (excludes halogenated alkanes) is 2. The summed E-state index contributed by atoms with van der Waals surface area (Å²) in [4.78, 5) is 36.5. The van der Waals surface area contributed by atoms with Gasteiger partial charge < -0.3 is 4.74 Å². The maximum Gasteiger partial charge on any atom is 0.261 e. The number of carbonyl (C=O) groups is 3. The lowest BCUT2D eigenvalue weighted by Gasteiger charge is -2.13. The summed E-state index contributed by atoms with van der Waals surface area (Å²) in [5.41, 5.74) is 1.57. The molecule has 0 aliphatic carbocycles. The standard InChI is InChI=1S/C20H19NO4/c22-14-15-7-6-8-16(13-15)25-12-5-1-4-11-21-19(23)17-9-2-3-10-18(17)20(21)24/h2-3,6-10,13-14H,1,4-5,11-12H2. The fraction of sp³-hybridized carbons (Fsp3) is 0.250. The predicted molar refractivity (Wildman–Crippen MR) is 93.0 cm³/mol. The highest BCUT2D eigenvalue weighted by Crippen LogP contribution is 2.22. The van der Waals surface area contributed by atoms with Gasteiger partial charge in [0.1, 0.15) is 12.0 Å². The van der Waals surface area contributed by atoms with E-state index < -0.39 is 0 Å². The molecule has 5 heteroatoms. The zero-order valence-electron chi connectivity index (χ0n) is 13.8.